The molecule has 4 heteroatoms. The van der Waals surface area contributed by atoms with E-state index in [1.165, 1.54) is 0 Å². The second kappa shape index (κ2) is 5.12. The summed E-state index contributed by atoms with van der Waals surface area (Å²) in [5.41, 5.74) is 0.960. The standard InChI is InChI=1S/C10H18N2O2/c1-8(2)14-7-10(13)6-12-5-4-9(3)11-12/h4-5,8,10,13H,6-7H2,1-3H3. The monoisotopic (exact) mass is 198 g/mol. The van der Waals surface area contributed by atoms with E-state index in [1.54, 1.807) is 4.68 Å². The van der Waals surface area contributed by atoms with E-state index in [-0.39, 0.29) is 6.10 Å². The minimum absolute atomic E-state index is 0.156. The first-order valence-corrected chi connectivity index (χ1v) is 4.87. The van der Waals surface area contributed by atoms with Crippen molar-refractivity contribution in [1.29, 1.82) is 0 Å². The maximum Gasteiger partial charge on any atom is 0.0969 e. The molecular weight excluding hydrogens is 180 g/mol. The van der Waals surface area contributed by atoms with Crippen molar-refractivity contribution in [2.24, 2.45) is 0 Å². The lowest BCUT2D eigenvalue weighted by molar-refractivity contribution is -0.00204. The van der Waals surface area contributed by atoms with Crippen molar-refractivity contribution in [1.82, 2.24) is 9.78 Å². The van der Waals surface area contributed by atoms with E-state index >= 15 is 0 Å². The van der Waals surface area contributed by atoms with Gasteiger partial charge in [-0.3, -0.25) is 4.68 Å². The number of ether oxygens (including phenoxy) is 1. The zero-order chi connectivity index (χ0) is 10.6. The van der Waals surface area contributed by atoms with Gasteiger partial charge in [0, 0.05) is 6.20 Å². The molecule has 0 saturated carbocycles. The van der Waals surface area contributed by atoms with E-state index in [0.29, 0.717) is 13.2 Å². The second-order valence-electron chi connectivity index (χ2n) is 3.72. The van der Waals surface area contributed by atoms with Crippen LogP contribution in [0.1, 0.15) is 19.5 Å². The number of aromatic nitrogens is 2. The molecule has 14 heavy (non-hydrogen) atoms. The molecule has 4 nitrogen and oxygen atoms in total. The van der Waals surface area contributed by atoms with E-state index in [2.05, 4.69) is 5.10 Å². The highest BCUT2D eigenvalue weighted by Gasteiger charge is 2.06. The van der Waals surface area contributed by atoms with Crippen LogP contribution in [0.15, 0.2) is 12.3 Å². The van der Waals surface area contributed by atoms with Crippen LogP contribution in [0.3, 0.4) is 0 Å². The number of hydrogen-bond donors (Lipinski definition) is 1. The van der Waals surface area contributed by atoms with Crippen LogP contribution in [0.25, 0.3) is 0 Å². The summed E-state index contributed by atoms with van der Waals surface area (Å²) in [4.78, 5) is 0. The van der Waals surface area contributed by atoms with Crippen LogP contribution in [0.2, 0.25) is 0 Å². The molecule has 1 aromatic rings. The summed E-state index contributed by atoms with van der Waals surface area (Å²) >= 11 is 0. The predicted molar refractivity (Wildman–Crippen MR) is 54.1 cm³/mol. The fourth-order valence-corrected chi connectivity index (χ4v) is 1.14. The molecule has 1 N–H and O–H groups in total. The Morgan fingerprint density at radius 2 is 2.29 bits per heavy atom. The third-order valence-electron chi connectivity index (χ3n) is 1.79. The summed E-state index contributed by atoms with van der Waals surface area (Å²) in [5, 5.41) is 13.8. The molecule has 0 saturated heterocycles. The van der Waals surface area contributed by atoms with Crippen LogP contribution in [-0.2, 0) is 11.3 Å². The summed E-state index contributed by atoms with van der Waals surface area (Å²) in [5.74, 6) is 0. The average molecular weight is 198 g/mol. The average Bonchev–Trinajstić information content (AvgIpc) is 2.48. The van der Waals surface area contributed by atoms with Gasteiger partial charge in [0.1, 0.15) is 0 Å². The summed E-state index contributed by atoms with van der Waals surface area (Å²) in [7, 11) is 0. The van der Waals surface area contributed by atoms with Gasteiger partial charge in [0.05, 0.1) is 31.1 Å². The first-order chi connectivity index (χ1) is 6.58. The van der Waals surface area contributed by atoms with Crippen LogP contribution in [-0.4, -0.2) is 33.7 Å². The molecule has 0 bridgehead atoms. The Balaban J connectivity index is 2.30. The molecule has 0 aliphatic rings. The SMILES string of the molecule is Cc1ccn(CC(O)COC(C)C)n1. The van der Waals surface area contributed by atoms with Gasteiger partial charge in [-0.25, -0.2) is 0 Å². The molecule has 1 rings (SSSR count). The number of rotatable bonds is 5. The molecule has 0 amide bonds. The van der Waals surface area contributed by atoms with Crippen molar-refractivity contribution < 1.29 is 9.84 Å². The zero-order valence-electron chi connectivity index (χ0n) is 8.97. The lowest BCUT2D eigenvalue weighted by atomic mass is 10.3. The van der Waals surface area contributed by atoms with E-state index < -0.39 is 6.10 Å². The summed E-state index contributed by atoms with van der Waals surface area (Å²) in [6, 6.07) is 1.91. The Morgan fingerprint density at radius 3 is 2.79 bits per heavy atom. The smallest absolute Gasteiger partial charge is 0.0969 e. The highest BCUT2D eigenvalue weighted by Crippen LogP contribution is 1.97. The summed E-state index contributed by atoms with van der Waals surface area (Å²) < 4.78 is 7.02. The van der Waals surface area contributed by atoms with Gasteiger partial charge in [0.25, 0.3) is 0 Å². The first-order valence-electron chi connectivity index (χ1n) is 4.87. The van der Waals surface area contributed by atoms with E-state index in [4.69, 9.17) is 4.74 Å². The molecule has 1 unspecified atom stereocenters. The Kier molecular flexibility index (Phi) is 4.10. The van der Waals surface area contributed by atoms with Gasteiger partial charge in [-0.1, -0.05) is 0 Å². The van der Waals surface area contributed by atoms with Gasteiger partial charge < -0.3 is 9.84 Å². The maximum atomic E-state index is 9.57. The summed E-state index contributed by atoms with van der Waals surface area (Å²) in [6.07, 6.45) is 1.52. The van der Waals surface area contributed by atoms with Crippen LogP contribution >= 0.6 is 0 Å². The van der Waals surface area contributed by atoms with E-state index in [0.717, 1.165) is 5.69 Å². The molecule has 0 spiro atoms. The largest absolute Gasteiger partial charge is 0.389 e. The van der Waals surface area contributed by atoms with Gasteiger partial charge in [-0.2, -0.15) is 5.10 Å². The van der Waals surface area contributed by atoms with Crippen molar-refractivity contribution in [3.63, 3.8) is 0 Å². The molecule has 0 aliphatic carbocycles. The lowest BCUT2D eigenvalue weighted by Gasteiger charge is -2.13. The van der Waals surface area contributed by atoms with Crippen LogP contribution in [0.5, 0.6) is 0 Å². The molecule has 0 aromatic carbocycles. The Labute approximate surface area is 84.5 Å². The number of aryl methyl sites for hydroxylation is 1. The highest BCUT2D eigenvalue weighted by atomic mass is 16.5. The molecule has 0 fully saturated rings. The van der Waals surface area contributed by atoms with Crippen LogP contribution in [0.4, 0.5) is 0 Å². The van der Waals surface area contributed by atoms with Crippen molar-refractivity contribution in [2.45, 2.75) is 39.5 Å². The van der Waals surface area contributed by atoms with E-state index in [9.17, 15) is 5.11 Å². The Hall–Kier alpha value is -0.870. The van der Waals surface area contributed by atoms with E-state index in [1.807, 2.05) is 33.0 Å². The number of nitrogens with zero attached hydrogens (tertiary/aromatic N) is 2. The molecule has 0 radical (unpaired) electrons. The number of hydrogen-bond acceptors (Lipinski definition) is 3. The van der Waals surface area contributed by atoms with Gasteiger partial charge in [-0.05, 0) is 26.8 Å². The molecule has 1 atom stereocenters. The fraction of sp³-hybridized carbons (Fsp3) is 0.700. The highest BCUT2D eigenvalue weighted by molar-refractivity contribution is 4.94. The van der Waals surface area contributed by atoms with Crippen molar-refractivity contribution in [3.8, 4) is 0 Å². The van der Waals surface area contributed by atoms with Crippen LogP contribution in [0, 0.1) is 6.92 Å². The van der Waals surface area contributed by atoms with Crippen molar-refractivity contribution >= 4 is 0 Å². The van der Waals surface area contributed by atoms with Gasteiger partial charge in [0.15, 0.2) is 0 Å². The molecular formula is C10H18N2O2. The topological polar surface area (TPSA) is 47.3 Å². The lowest BCUT2D eigenvalue weighted by Crippen LogP contribution is -2.24. The van der Waals surface area contributed by atoms with Crippen molar-refractivity contribution in [2.75, 3.05) is 6.61 Å². The first kappa shape index (κ1) is 11.2. The predicted octanol–water partition coefficient (Wildman–Crippen LogP) is 0.977. The minimum atomic E-state index is -0.489. The Morgan fingerprint density at radius 1 is 1.57 bits per heavy atom. The van der Waals surface area contributed by atoms with Crippen LogP contribution < -0.4 is 0 Å². The third kappa shape index (κ3) is 3.89. The molecule has 80 valence electrons. The fourth-order valence-electron chi connectivity index (χ4n) is 1.14. The zero-order valence-corrected chi connectivity index (χ0v) is 8.97. The second-order valence-corrected chi connectivity index (χ2v) is 3.72. The maximum absolute atomic E-state index is 9.57. The summed E-state index contributed by atoms with van der Waals surface area (Å²) in [6.45, 7) is 6.67. The van der Waals surface area contributed by atoms with Gasteiger partial charge in [-0.15, -0.1) is 0 Å². The minimum Gasteiger partial charge on any atom is -0.389 e. The molecule has 1 heterocycles. The number of aliphatic hydroxyl groups excluding tert-OH is 1. The number of aliphatic hydroxyl groups is 1. The quantitative estimate of drug-likeness (QED) is 0.767. The third-order valence-corrected chi connectivity index (χ3v) is 1.79. The normalized spacial score (nSPS) is 13.5. The van der Waals surface area contributed by atoms with Gasteiger partial charge in [0.2, 0.25) is 0 Å². The molecule has 0 aliphatic heterocycles. The Bertz CT molecular complexity index is 271. The molecule has 1 aromatic heterocycles. The van der Waals surface area contributed by atoms with Gasteiger partial charge >= 0.3 is 0 Å². The van der Waals surface area contributed by atoms with Crippen molar-refractivity contribution in [3.05, 3.63) is 18.0 Å².